The molecule has 0 bridgehead atoms. The van der Waals surface area contributed by atoms with E-state index in [-0.39, 0.29) is 0 Å². The van der Waals surface area contributed by atoms with E-state index >= 15 is 0 Å². The van der Waals surface area contributed by atoms with Gasteiger partial charge in [-0.15, -0.1) is 0 Å². The topological polar surface area (TPSA) is 12.0 Å². The largest absolute Gasteiger partial charge is 0.316 e. The lowest BCUT2D eigenvalue weighted by atomic mass is 9.98. The van der Waals surface area contributed by atoms with Crippen LogP contribution >= 0.6 is 0 Å². The van der Waals surface area contributed by atoms with E-state index in [0.29, 0.717) is 5.92 Å². The molecular formula is C16H27N. The Bertz CT molecular complexity index is 321. The van der Waals surface area contributed by atoms with Crippen LogP contribution in [0.1, 0.15) is 37.5 Å². The lowest BCUT2D eigenvalue weighted by molar-refractivity contribution is 0.473. The minimum Gasteiger partial charge on any atom is -0.316 e. The molecule has 1 aromatic carbocycles. The van der Waals surface area contributed by atoms with Gasteiger partial charge in [-0.3, -0.25) is 0 Å². The van der Waals surface area contributed by atoms with Crippen molar-refractivity contribution < 1.29 is 0 Å². The van der Waals surface area contributed by atoms with Crippen LogP contribution in [0.25, 0.3) is 0 Å². The molecule has 0 aliphatic rings. The fraction of sp³-hybridized carbons (Fsp3) is 0.625. The molecule has 17 heavy (non-hydrogen) atoms. The summed E-state index contributed by atoms with van der Waals surface area (Å²) in [6.45, 7) is 13.4. The highest BCUT2D eigenvalue weighted by molar-refractivity contribution is 5.28. The molecule has 0 spiro atoms. The standard InChI is InChI=1S/C16H27N/c1-12(2)10-17-11-15(5)9-16-7-13(3)6-14(4)8-16/h6-8,12,15,17H,9-11H2,1-5H3. The van der Waals surface area contributed by atoms with Crippen molar-refractivity contribution in [2.45, 2.75) is 41.0 Å². The van der Waals surface area contributed by atoms with Crippen molar-refractivity contribution in [1.82, 2.24) is 5.32 Å². The van der Waals surface area contributed by atoms with E-state index in [1.807, 2.05) is 0 Å². The summed E-state index contributed by atoms with van der Waals surface area (Å²) in [6, 6.07) is 6.86. The van der Waals surface area contributed by atoms with E-state index in [1.54, 1.807) is 0 Å². The third-order valence-electron chi connectivity index (χ3n) is 2.91. The molecule has 1 N–H and O–H groups in total. The van der Waals surface area contributed by atoms with Gasteiger partial charge >= 0.3 is 0 Å². The third-order valence-corrected chi connectivity index (χ3v) is 2.91. The highest BCUT2D eigenvalue weighted by atomic mass is 14.9. The minimum atomic E-state index is 0.704. The first-order valence-corrected chi connectivity index (χ1v) is 6.75. The van der Waals surface area contributed by atoms with Gasteiger partial charge in [0.1, 0.15) is 0 Å². The van der Waals surface area contributed by atoms with Crippen LogP contribution in [0.15, 0.2) is 18.2 Å². The summed E-state index contributed by atoms with van der Waals surface area (Å²) in [5.41, 5.74) is 4.23. The molecule has 1 aromatic rings. The molecule has 0 saturated carbocycles. The molecule has 96 valence electrons. The Morgan fingerprint density at radius 1 is 0.941 bits per heavy atom. The van der Waals surface area contributed by atoms with Crippen LogP contribution in [0.2, 0.25) is 0 Å². The fourth-order valence-electron chi connectivity index (χ4n) is 2.28. The predicted octanol–water partition coefficient (Wildman–Crippen LogP) is 3.73. The van der Waals surface area contributed by atoms with Gasteiger partial charge in [0.05, 0.1) is 0 Å². The Balaban J connectivity index is 2.42. The monoisotopic (exact) mass is 233 g/mol. The lowest BCUT2D eigenvalue weighted by Crippen LogP contribution is -2.26. The first kappa shape index (κ1) is 14.2. The van der Waals surface area contributed by atoms with Crippen LogP contribution < -0.4 is 5.32 Å². The summed E-state index contributed by atoms with van der Waals surface area (Å²) in [5, 5.41) is 3.53. The summed E-state index contributed by atoms with van der Waals surface area (Å²) in [7, 11) is 0. The second-order valence-electron chi connectivity index (χ2n) is 5.86. The van der Waals surface area contributed by atoms with Gasteiger partial charge < -0.3 is 5.32 Å². The van der Waals surface area contributed by atoms with Crippen molar-refractivity contribution >= 4 is 0 Å². The molecule has 0 aliphatic heterocycles. The Kier molecular flexibility index (Phi) is 5.70. The molecule has 0 saturated heterocycles. The van der Waals surface area contributed by atoms with E-state index in [1.165, 1.54) is 23.1 Å². The number of benzene rings is 1. The molecule has 0 aromatic heterocycles. The molecule has 1 nitrogen and oxygen atoms in total. The average molecular weight is 233 g/mol. The summed E-state index contributed by atoms with van der Waals surface area (Å²) in [5.74, 6) is 1.44. The van der Waals surface area contributed by atoms with Crippen LogP contribution in [0.3, 0.4) is 0 Å². The van der Waals surface area contributed by atoms with Crippen molar-refractivity contribution in [3.63, 3.8) is 0 Å². The fourth-order valence-corrected chi connectivity index (χ4v) is 2.28. The van der Waals surface area contributed by atoms with Gasteiger partial charge in [0.2, 0.25) is 0 Å². The van der Waals surface area contributed by atoms with Gasteiger partial charge in [0.25, 0.3) is 0 Å². The van der Waals surface area contributed by atoms with Crippen molar-refractivity contribution in [2.75, 3.05) is 13.1 Å². The van der Waals surface area contributed by atoms with Crippen LogP contribution in [-0.2, 0) is 6.42 Å². The second-order valence-corrected chi connectivity index (χ2v) is 5.86. The van der Waals surface area contributed by atoms with E-state index < -0.39 is 0 Å². The van der Waals surface area contributed by atoms with E-state index in [4.69, 9.17) is 0 Å². The lowest BCUT2D eigenvalue weighted by Gasteiger charge is -2.14. The van der Waals surface area contributed by atoms with Crippen molar-refractivity contribution in [3.8, 4) is 0 Å². The maximum atomic E-state index is 3.53. The molecule has 1 heteroatoms. The van der Waals surface area contributed by atoms with Crippen molar-refractivity contribution in [3.05, 3.63) is 34.9 Å². The Labute approximate surface area is 107 Å². The number of hydrogen-bond acceptors (Lipinski definition) is 1. The number of hydrogen-bond donors (Lipinski definition) is 1. The first-order valence-electron chi connectivity index (χ1n) is 6.75. The zero-order valence-electron chi connectivity index (χ0n) is 12.0. The van der Waals surface area contributed by atoms with Crippen molar-refractivity contribution in [2.24, 2.45) is 11.8 Å². The van der Waals surface area contributed by atoms with Crippen LogP contribution in [0.4, 0.5) is 0 Å². The summed E-state index contributed by atoms with van der Waals surface area (Å²) in [4.78, 5) is 0. The summed E-state index contributed by atoms with van der Waals surface area (Å²) in [6.07, 6.45) is 1.17. The van der Waals surface area contributed by atoms with Crippen LogP contribution in [-0.4, -0.2) is 13.1 Å². The molecule has 0 radical (unpaired) electrons. The summed E-state index contributed by atoms with van der Waals surface area (Å²) >= 11 is 0. The first-order chi connectivity index (χ1) is 7.97. The highest BCUT2D eigenvalue weighted by Gasteiger charge is 2.05. The normalized spacial score (nSPS) is 13.1. The van der Waals surface area contributed by atoms with Crippen LogP contribution in [0.5, 0.6) is 0 Å². The minimum absolute atomic E-state index is 0.704. The molecular weight excluding hydrogens is 206 g/mol. The van der Waals surface area contributed by atoms with E-state index in [0.717, 1.165) is 19.0 Å². The Morgan fingerprint density at radius 3 is 2.06 bits per heavy atom. The van der Waals surface area contributed by atoms with E-state index in [2.05, 4.69) is 58.1 Å². The van der Waals surface area contributed by atoms with Gasteiger partial charge in [-0.05, 0) is 50.8 Å². The molecule has 0 amide bonds. The van der Waals surface area contributed by atoms with Gasteiger partial charge in [0.15, 0.2) is 0 Å². The molecule has 1 unspecified atom stereocenters. The average Bonchev–Trinajstić information content (AvgIpc) is 2.14. The highest BCUT2D eigenvalue weighted by Crippen LogP contribution is 2.13. The molecule has 0 aliphatic carbocycles. The predicted molar refractivity (Wildman–Crippen MR) is 76.5 cm³/mol. The molecule has 1 rings (SSSR count). The zero-order chi connectivity index (χ0) is 12.8. The zero-order valence-corrected chi connectivity index (χ0v) is 12.0. The number of nitrogens with one attached hydrogen (secondary N) is 1. The number of rotatable bonds is 6. The van der Waals surface area contributed by atoms with Crippen LogP contribution in [0, 0.1) is 25.7 Å². The summed E-state index contributed by atoms with van der Waals surface area (Å²) < 4.78 is 0. The van der Waals surface area contributed by atoms with E-state index in [9.17, 15) is 0 Å². The van der Waals surface area contributed by atoms with Gasteiger partial charge in [-0.2, -0.15) is 0 Å². The third kappa shape index (κ3) is 5.88. The quantitative estimate of drug-likeness (QED) is 0.789. The SMILES string of the molecule is Cc1cc(C)cc(CC(C)CNCC(C)C)c1. The smallest absolute Gasteiger partial charge is 0.00199 e. The molecule has 1 atom stereocenters. The molecule has 0 fully saturated rings. The maximum absolute atomic E-state index is 3.53. The van der Waals surface area contributed by atoms with Gasteiger partial charge in [-0.25, -0.2) is 0 Å². The Morgan fingerprint density at radius 2 is 1.53 bits per heavy atom. The van der Waals surface area contributed by atoms with Gasteiger partial charge in [-0.1, -0.05) is 50.1 Å². The number of aryl methyl sites for hydroxylation is 2. The maximum Gasteiger partial charge on any atom is -0.00199 e. The Hall–Kier alpha value is -0.820. The van der Waals surface area contributed by atoms with Gasteiger partial charge in [0, 0.05) is 0 Å². The second kappa shape index (κ2) is 6.80. The molecule has 0 heterocycles. The van der Waals surface area contributed by atoms with Crippen molar-refractivity contribution in [1.29, 1.82) is 0 Å².